The lowest BCUT2D eigenvalue weighted by Gasteiger charge is -2.31. The number of furan rings is 1. The van der Waals surface area contributed by atoms with Crippen LogP contribution in [0.4, 0.5) is 0 Å². The number of nitrogens with one attached hydrogen (secondary N) is 1. The van der Waals surface area contributed by atoms with Crippen molar-refractivity contribution in [3.63, 3.8) is 0 Å². The normalized spacial score (nSPS) is 17.8. The quantitative estimate of drug-likeness (QED) is 0.757. The fourth-order valence-corrected chi connectivity index (χ4v) is 3.85. The molecule has 1 aliphatic rings. The third kappa shape index (κ3) is 3.59. The maximum atomic E-state index is 12.6. The third-order valence-electron chi connectivity index (χ3n) is 4.73. The van der Waals surface area contributed by atoms with Gasteiger partial charge in [0.1, 0.15) is 11.3 Å². The molecule has 1 amide bonds. The lowest BCUT2D eigenvalue weighted by molar-refractivity contribution is -0.127. The molecule has 0 aromatic carbocycles. The van der Waals surface area contributed by atoms with Gasteiger partial charge < -0.3 is 9.73 Å². The summed E-state index contributed by atoms with van der Waals surface area (Å²) in [4.78, 5) is 20.3. The van der Waals surface area contributed by atoms with E-state index in [-0.39, 0.29) is 17.9 Å². The van der Waals surface area contributed by atoms with E-state index in [9.17, 15) is 4.79 Å². The van der Waals surface area contributed by atoms with Gasteiger partial charge in [-0.15, -0.1) is 0 Å². The van der Waals surface area contributed by atoms with Gasteiger partial charge in [0.05, 0.1) is 30.7 Å². The Morgan fingerprint density at radius 2 is 2.32 bits per heavy atom. The van der Waals surface area contributed by atoms with Crippen molar-refractivity contribution in [1.29, 1.82) is 0 Å². The van der Waals surface area contributed by atoms with E-state index < -0.39 is 0 Å². The summed E-state index contributed by atoms with van der Waals surface area (Å²) in [7, 11) is 0. The molecule has 132 valence electrons. The van der Waals surface area contributed by atoms with Crippen molar-refractivity contribution in [2.24, 2.45) is 5.92 Å². The highest BCUT2D eigenvalue weighted by Crippen LogP contribution is 2.21. The molecule has 7 nitrogen and oxygen atoms in total. The number of imidazole rings is 1. The molecule has 1 N–H and O–H groups in total. The van der Waals surface area contributed by atoms with Gasteiger partial charge in [-0.05, 0) is 45.0 Å². The minimum Gasteiger partial charge on any atom is -0.468 e. The van der Waals surface area contributed by atoms with Crippen LogP contribution in [-0.2, 0) is 11.3 Å². The molecule has 0 radical (unpaired) electrons. The molecule has 3 aromatic rings. The first kappa shape index (κ1) is 16.3. The highest BCUT2D eigenvalue weighted by molar-refractivity contribution is 7.14. The summed E-state index contributed by atoms with van der Waals surface area (Å²) in [6.07, 6.45) is 5.33. The van der Waals surface area contributed by atoms with Gasteiger partial charge in [-0.3, -0.25) is 9.69 Å². The van der Waals surface area contributed by atoms with Crippen LogP contribution in [0.25, 0.3) is 4.96 Å². The van der Waals surface area contributed by atoms with Crippen LogP contribution in [-0.4, -0.2) is 38.5 Å². The van der Waals surface area contributed by atoms with E-state index in [0.29, 0.717) is 0 Å². The molecule has 0 unspecified atom stereocenters. The Kier molecular flexibility index (Phi) is 4.54. The van der Waals surface area contributed by atoms with E-state index in [2.05, 4.69) is 20.3 Å². The van der Waals surface area contributed by atoms with Gasteiger partial charge in [0.25, 0.3) is 0 Å². The Morgan fingerprint density at radius 3 is 3.04 bits per heavy atom. The summed E-state index contributed by atoms with van der Waals surface area (Å²) in [6.45, 7) is 4.61. The molecule has 0 aliphatic carbocycles. The molecule has 3 aromatic heterocycles. The zero-order valence-electron chi connectivity index (χ0n) is 14.1. The predicted octanol–water partition coefficient (Wildman–Crippen LogP) is 2.47. The SMILES string of the molecule is C[C@@H](NC(=O)C1CCN(Cc2ccco2)CC1)c1cn2ncsc2n1. The first-order valence-corrected chi connectivity index (χ1v) is 9.41. The van der Waals surface area contributed by atoms with Crippen LogP contribution in [0.2, 0.25) is 0 Å². The second kappa shape index (κ2) is 6.97. The zero-order chi connectivity index (χ0) is 17.2. The lowest BCUT2D eigenvalue weighted by Crippen LogP contribution is -2.40. The summed E-state index contributed by atoms with van der Waals surface area (Å²) in [5.41, 5.74) is 2.61. The van der Waals surface area contributed by atoms with Gasteiger partial charge in [-0.2, -0.15) is 5.10 Å². The Bertz CT molecular complexity index is 804. The molecular weight excluding hydrogens is 338 g/mol. The van der Waals surface area contributed by atoms with Gasteiger partial charge in [-0.25, -0.2) is 9.50 Å². The number of piperidine rings is 1. The van der Waals surface area contributed by atoms with E-state index >= 15 is 0 Å². The molecule has 1 saturated heterocycles. The minimum absolute atomic E-state index is 0.0668. The van der Waals surface area contributed by atoms with Crippen molar-refractivity contribution in [3.8, 4) is 0 Å². The average molecular weight is 359 g/mol. The molecule has 25 heavy (non-hydrogen) atoms. The van der Waals surface area contributed by atoms with Gasteiger partial charge in [0.15, 0.2) is 0 Å². The molecule has 4 heterocycles. The van der Waals surface area contributed by atoms with Crippen LogP contribution in [0.1, 0.15) is 37.3 Å². The number of aromatic nitrogens is 3. The van der Waals surface area contributed by atoms with E-state index in [0.717, 1.165) is 48.9 Å². The first-order valence-electron chi connectivity index (χ1n) is 8.53. The van der Waals surface area contributed by atoms with Crippen LogP contribution in [0, 0.1) is 5.92 Å². The van der Waals surface area contributed by atoms with E-state index in [4.69, 9.17) is 4.42 Å². The number of nitrogens with zero attached hydrogens (tertiary/aromatic N) is 4. The molecule has 1 aliphatic heterocycles. The summed E-state index contributed by atoms with van der Waals surface area (Å²) in [5.74, 6) is 1.16. The summed E-state index contributed by atoms with van der Waals surface area (Å²) in [6, 6.07) is 3.79. The summed E-state index contributed by atoms with van der Waals surface area (Å²) < 4.78 is 7.14. The second-order valence-electron chi connectivity index (χ2n) is 6.49. The summed E-state index contributed by atoms with van der Waals surface area (Å²) >= 11 is 1.49. The molecular formula is C17H21N5O2S. The zero-order valence-corrected chi connectivity index (χ0v) is 14.9. The monoisotopic (exact) mass is 359 g/mol. The van der Waals surface area contributed by atoms with Gasteiger partial charge >= 0.3 is 0 Å². The number of amides is 1. The first-order chi connectivity index (χ1) is 12.2. The van der Waals surface area contributed by atoms with E-state index in [1.54, 1.807) is 16.3 Å². The number of fused-ring (bicyclic) bond motifs is 1. The van der Waals surface area contributed by atoms with E-state index in [1.165, 1.54) is 11.3 Å². The number of carbonyl (C=O) groups is 1. The van der Waals surface area contributed by atoms with Crippen LogP contribution >= 0.6 is 11.3 Å². The highest BCUT2D eigenvalue weighted by atomic mass is 32.1. The molecule has 4 rings (SSSR count). The van der Waals surface area contributed by atoms with Crippen molar-refractivity contribution in [2.45, 2.75) is 32.4 Å². The van der Waals surface area contributed by atoms with E-state index in [1.807, 2.05) is 25.3 Å². The topological polar surface area (TPSA) is 75.7 Å². The van der Waals surface area contributed by atoms with Crippen LogP contribution in [0.5, 0.6) is 0 Å². The van der Waals surface area contributed by atoms with Crippen LogP contribution in [0.3, 0.4) is 0 Å². The number of rotatable bonds is 5. The fourth-order valence-electron chi connectivity index (χ4n) is 3.25. The molecule has 0 saturated carbocycles. The minimum atomic E-state index is -0.109. The van der Waals surface area contributed by atoms with Gasteiger partial charge in [-0.1, -0.05) is 11.3 Å². The van der Waals surface area contributed by atoms with Crippen LogP contribution < -0.4 is 5.32 Å². The third-order valence-corrected chi connectivity index (χ3v) is 5.41. The standard InChI is InChI=1S/C17H21N5O2S/c1-12(15-10-22-17(20-15)25-11-18-22)19-16(23)13-4-6-21(7-5-13)9-14-3-2-8-24-14/h2-3,8,10-13H,4-7,9H2,1H3,(H,19,23)/t12-/m1/s1. The molecule has 1 fully saturated rings. The number of hydrogen-bond acceptors (Lipinski definition) is 6. The van der Waals surface area contributed by atoms with Crippen molar-refractivity contribution in [3.05, 3.63) is 41.6 Å². The highest BCUT2D eigenvalue weighted by Gasteiger charge is 2.26. The van der Waals surface area contributed by atoms with Crippen LogP contribution in [0.15, 0.2) is 34.5 Å². The summed E-state index contributed by atoms with van der Waals surface area (Å²) in [5, 5.41) is 7.28. The van der Waals surface area contributed by atoms with Gasteiger partial charge in [0, 0.05) is 5.92 Å². The fraction of sp³-hybridized carbons (Fsp3) is 0.471. The largest absolute Gasteiger partial charge is 0.468 e. The molecule has 1 atom stereocenters. The lowest BCUT2D eigenvalue weighted by atomic mass is 9.95. The average Bonchev–Trinajstić information content (AvgIpc) is 3.32. The maximum Gasteiger partial charge on any atom is 0.223 e. The van der Waals surface area contributed by atoms with Crippen molar-refractivity contribution in [1.82, 2.24) is 24.8 Å². The Balaban J connectivity index is 1.29. The Morgan fingerprint density at radius 1 is 1.48 bits per heavy atom. The molecule has 0 spiro atoms. The number of hydrogen-bond donors (Lipinski definition) is 1. The number of likely N-dealkylation sites (tertiary alicyclic amines) is 1. The molecule has 8 heteroatoms. The van der Waals surface area contributed by atoms with Gasteiger partial charge in [0.2, 0.25) is 10.9 Å². The second-order valence-corrected chi connectivity index (χ2v) is 7.30. The van der Waals surface area contributed by atoms with Crippen molar-refractivity contribution < 1.29 is 9.21 Å². The molecule has 0 bridgehead atoms. The number of carbonyl (C=O) groups excluding carboxylic acids is 1. The van der Waals surface area contributed by atoms with Crippen molar-refractivity contribution >= 4 is 22.2 Å². The predicted molar refractivity (Wildman–Crippen MR) is 94.1 cm³/mol. The Labute approximate surface area is 149 Å². The smallest absolute Gasteiger partial charge is 0.223 e. The van der Waals surface area contributed by atoms with Crippen molar-refractivity contribution in [2.75, 3.05) is 13.1 Å². The maximum absolute atomic E-state index is 12.6. The Hall–Kier alpha value is -2.19.